The third kappa shape index (κ3) is 3.89. The first-order valence-electron chi connectivity index (χ1n) is 8.19. The van der Waals surface area contributed by atoms with E-state index >= 15 is 0 Å². The fraction of sp³-hybridized carbons (Fsp3) is 0.0476. The molecule has 0 fully saturated rings. The Bertz CT molecular complexity index is 951. The van der Waals surface area contributed by atoms with Crippen molar-refractivity contribution in [1.82, 2.24) is 10.1 Å². The minimum absolute atomic E-state index is 0.330. The number of ether oxygens (including phenoxy) is 2. The van der Waals surface area contributed by atoms with Gasteiger partial charge in [0.1, 0.15) is 23.8 Å². The minimum Gasteiger partial charge on any atom is -0.487 e. The van der Waals surface area contributed by atoms with E-state index in [0.29, 0.717) is 18.2 Å². The molecule has 0 bridgehead atoms. The molecule has 128 valence electrons. The van der Waals surface area contributed by atoms with Crippen molar-refractivity contribution in [2.45, 2.75) is 6.61 Å². The van der Waals surface area contributed by atoms with E-state index in [1.165, 1.54) is 0 Å². The topological polar surface area (TPSA) is 57.4 Å². The molecule has 4 aromatic rings. The Balaban J connectivity index is 1.36. The first-order chi connectivity index (χ1) is 12.9. The molecule has 0 saturated carbocycles. The Morgan fingerprint density at radius 3 is 2.35 bits per heavy atom. The summed E-state index contributed by atoms with van der Waals surface area (Å²) in [7, 11) is 0. The van der Waals surface area contributed by atoms with Gasteiger partial charge in [0.25, 0.3) is 0 Å². The number of nitrogens with zero attached hydrogens (tertiary/aromatic N) is 2. The molecule has 0 aliphatic carbocycles. The highest BCUT2D eigenvalue weighted by Crippen LogP contribution is 2.24. The fourth-order valence-corrected chi connectivity index (χ4v) is 2.41. The third-order valence-electron chi connectivity index (χ3n) is 3.69. The Kier molecular flexibility index (Phi) is 4.60. The maximum atomic E-state index is 5.75. The summed E-state index contributed by atoms with van der Waals surface area (Å²) < 4.78 is 16.8. The molecule has 0 saturated heterocycles. The zero-order chi connectivity index (χ0) is 17.6. The third-order valence-corrected chi connectivity index (χ3v) is 3.69. The van der Waals surface area contributed by atoms with Gasteiger partial charge in [0, 0.05) is 23.9 Å². The molecule has 5 heteroatoms. The van der Waals surface area contributed by atoms with E-state index in [1.54, 1.807) is 12.3 Å². The Labute approximate surface area is 150 Å². The van der Waals surface area contributed by atoms with Crippen LogP contribution in [0.25, 0.3) is 11.3 Å². The highest BCUT2D eigenvalue weighted by molar-refractivity contribution is 5.56. The second-order valence-corrected chi connectivity index (χ2v) is 5.58. The maximum absolute atomic E-state index is 5.75. The standard InChI is InChI=1S/C21H16N2O3/c1-2-6-16(7-3-1)20-14-17(23-26-20)15-24-18-9-11-19(12-10-18)25-21-8-4-5-13-22-21/h1-14H,15H2. The first-order valence-corrected chi connectivity index (χ1v) is 8.19. The molecule has 0 aliphatic heterocycles. The average Bonchev–Trinajstić information content (AvgIpc) is 3.18. The van der Waals surface area contributed by atoms with E-state index in [2.05, 4.69) is 10.1 Å². The second-order valence-electron chi connectivity index (χ2n) is 5.58. The Morgan fingerprint density at radius 1 is 0.808 bits per heavy atom. The predicted octanol–water partition coefficient (Wildman–Crippen LogP) is 5.11. The van der Waals surface area contributed by atoms with Gasteiger partial charge >= 0.3 is 0 Å². The Morgan fingerprint density at radius 2 is 1.58 bits per heavy atom. The first kappa shape index (κ1) is 15.9. The van der Waals surface area contributed by atoms with Gasteiger partial charge in [-0.2, -0.15) is 0 Å². The van der Waals surface area contributed by atoms with Crippen molar-refractivity contribution in [2.24, 2.45) is 0 Å². The molecule has 0 spiro atoms. The van der Waals surface area contributed by atoms with Crippen LogP contribution in [0.4, 0.5) is 0 Å². The van der Waals surface area contributed by atoms with Crippen LogP contribution in [-0.4, -0.2) is 10.1 Å². The van der Waals surface area contributed by atoms with E-state index in [1.807, 2.05) is 72.8 Å². The summed E-state index contributed by atoms with van der Waals surface area (Å²) in [5.74, 6) is 2.70. The van der Waals surface area contributed by atoms with Gasteiger partial charge in [0.2, 0.25) is 5.88 Å². The SMILES string of the molecule is c1ccc(-c2cc(COc3ccc(Oc4ccccn4)cc3)no2)cc1. The molecule has 2 aromatic carbocycles. The van der Waals surface area contributed by atoms with Gasteiger partial charge in [0.15, 0.2) is 5.76 Å². The fourth-order valence-electron chi connectivity index (χ4n) is 2.41. The number of hydrogen-bond acceptors (Lipinski definition) is 5. The van der Waals surface area contributed by atoms with Crippen LogP contribution in [0.2, 0.25) is 0 Å². The number of rotatable bonds is 6. The van der Waals surface area contributed by atoms with E-state index in [9.17, 15) is 0 Å². The van der Waals surface area contributed by atoms with Crippen LogP contribution in [0.3, 0.4) is 0 Å². The van der Waals surface area contributed by atoms with Crippen LogP contribution < -0.4 is 9.47 Å². The summed E-state index contributed by atoms with van der Waals surface area (Å²) in [6.45, 7) is 0.330. The van der Waals surface area contributed by atoms with Gasteiger partial charge in [-0.05, 0) is 30.3 Å². The maximum Gasteiger partial charge on any atom is 0.219 e. The lowest BCUT2D eigenvalue weighted by Crippen LogP contribution is -1.95. The van der Waals surface area contributed by atoms with Gasteiger partial charge in [0.05, 0.1) is 0 Å². The number of benzene rings is 2. The van der Waals surface area contributed by atoms with Crippen molar-refractivity contribution < 1.29 is 14.0 Å². The second kappa shape index (κ2) is 7.53. The molecule has 0 amide bonds. The largest absolute Gasteiger partial charge is 0.487 e. The highest BCUT2D eigenvalue weighted by Gasteiger charge is 2.07. The average molecular weight is 344 g/mol. The molecule has 26 heavy (non-hydrogen) atoms. The lowest BCUT2D eigenvalue weighted by atomic mass is 10.2. The van der Waals surface area contributed by atoms with Crippen LogP contribution in [-0.2, 0) is 6.61 Å². The van der Waals surface area contributed by atoms with Crippen LogP contribution in [0.1, 0.15) is 5.69 Å². The summed E-state index contributed by atoms with van der Waals surface area (Å²) in [5, 5.41) is 4.05. The van der Waals surface area contributed by atoms with Crippen LogP contribution >= 0.6 is 0 Å². The minimum atomic E-state index is 0.330. The summed E-state index contributed by atoms with van der Waals surface area (Å²) in [5.41, 5.74) is 1.72. The molecule has 0 aliphatic rings. The Hall–Kier alpha value is -3.60. The van der Waals surface area contributed by atoms with Gasteiger partial charge in [-0.3, -0.25) is 0 Å². The summed E-state index contributed by atoms with van der Waals surface area (Å²) in [6, 6.07) is 24.6. The van der Waals surface area contributed by atoms with Crippen molar-refractivity contribution in [1.29, 1.82) is 0 Å². The lowest BCUT2D eigenvalue weighted by molar-refractivity contribution is 0.289. The van der Waals surface area contributed by atoms with Gasteiger partial charge < -0.3 is 14.0 Å². The van der Waals surface area contributed by atoms with E-state index in [-0.39, 0.29) is 0 Å². The van der Waals surface area contributed by atoms with Crippen molar-refractivity contribution in [3.8, 4) is 28.7 Å². The molecule has 0 radical (unpaired) electrons. The quantitative estimate of drug-likeness (QED) is 0.486. The molecule has 0 unspecified atom stereocenters. The molecule has 5 nitrogen and oxygen atoms in total. The van der Waals surface area contributed by atoms with Crippen LogP contribution in [0.15, 0.2) is 89.6 Å². The van der Waals surface area contributed by atoms with Gasteiger partial charge in [-0.25, -0.2) is 4.98 Å². The van der Waals surface area contributed by atoms with Gasteiger partial charge in [-0.15, -0.1) is 0 Å². The van der Waals surface area contributed by atoms with E-state index < -0.39 is 0 Å². The van der Waals surface area contributed by atoms with E-state index in [0.717, 1.165) is 22.8 Å². The van der Waals surface area contributed by atoms with Gasteiger partial charge in [-0.1, -0.05) is 41.6 Å². The molecule has 2 aromatic heterocycles. The van der Waals surface area contributed by atoms with Crippen LogP contribution in [0.5, 0.6) is 17.4 Å². The zero-order valence-electron chi connectivity index (χ0n) is 13.9. The lowest BCUT2D eigenvalue weighted by Gasteiger charge is -2.06. The molecule has 2 heterocycles. The normalized spacial score (nSPS) is 10.5. The zero-order valence-corrected chi connectivity index (χ0v) is 13.9. The molecular formula is C21H16N2O3. The number of pyridine rings is 1. The number of aromatic nitrogens is 2. The van der Waals surface area contributed by atoms with Crippen molar-refractivity contribution in [3.05, 3.63) is 90.8 Å². The molecule has 4 rings (SSSR count). The highest BCUT2D eigenvalue weighted by atomic mass is 16.5. The summed E-state index contributed by atoms with van der Waals surface area (Å²) in [6.07, 6.45) is 1.69. The van der Waals surface area contributed by atoms with Crippen LogP contribution in [0, 0.1) is 0 Å². The summed E-state index contributed by atoms with van der Waals surface area (Å²) in [4.78, 5) is 4.13. The van der Waals surface area contributed by atoms with E-state index in [4.69, 9.17) is 14.0 Å². The number of hydrogen-bond donors (Lipinski definition) is 0. The molecular weight excluding hydrogens is 328 g/mol. The molecule has 0 atom stereocenters. The molecule has 0 N–H and O–H groups in total. The predicted molar refractivity (Wildman–Crippen MR) is 97.0 cm³/mol. The monoisotopic (exact) mass is 344 g/mol. The smallest absolute Gasteiger partial charge is 0.219 e. The van der Waals surface area contributed by atoms with Crippen molar-refractivity contribution >= 4 is 0 Å². The summed E-state index contributed by atoms with van der Waals surface area (Å²) >= 11 is 0. The van der Waals surface area contributed by atoms with Crippen molar-refractivity contribution in [2.75, 3.05) is 0 Å². The van der Waals surface area contributed by atoms with Crippen molar-refractivity contribution in [3.63, 3.8) is 0 Å².